The molecule has 0 radical (unpaired) electrons. The van der Waals surface area contributed by atoms with E-state index in [4.69, 9.17) is 4.74 Å². The molecule has 190 valence electrons. The highest BCUT2D eigenvalue weighted by atomic mass is 16.5. The van der Waals surface area contributed by atoms with Gasteiger partial charge in [0, 0.05) is 6.42 Å². The van der Waals surface area contributed by atoms with Crippen molar-refractivity contribution < 1.29 is 19.7 Å². The minimum Gasteiger partial charge on any atom is -0.461 e. The number of aliphatic hydroxyl groups excluding tert-OH is 2. The van der Waals surface area contributed by atoms with E-state index in [1.54, 1.807) is 0 Å². The number of hydrogen-bond donors (Lipinski definition) is 2. The Hall–Kier alpha value is -1.39. The molecule has 0 aliphatic rings. The van der Waals surface area contributed by atoms with Crippen LogP contribution in [0.5, 0.6) is 0 Å². The molecule has 0 fully saturated rings. The van der Waals surface area contributed by atoms with Crippen LogP contribution in [0.15, 0.2) is 30.3 Å². The second-order valence-electron chi connectivity index (χ2n) is 9.62. The van der Waals surface area contributed by atoms with Gasteiger partial charge in [0.1, 0.15) is 6.61 Å². The van der Waals surface area contributed by atoms with Crippen LogP contribution >= 0.6 is 0 Å². The van der Waals surface area contributed by atoms with Gasteiger partial charge in [0.25, 0.3) is 0 Å². The second-order valence-corrected chi connectivity index (χ2v) is 9.62. The van der Waals surface area contributed by atoms with Gasteiger partial charge in [0.15, 0.2) is 0 Å². The lowest BCUT2D eigenvalue weighted by molar-refractivity contribution is -0.155. The topological polar surface area (TPSA) is 66.8 Å². The van der Waals surface area contributed by atoms with Gasteiger partial charge >= 0.3 is 5.97 Å². The van der Waals surface area contributed by atoms with Crippen molar-refractivity contribution in [1.29, 1.82) is 0 Å². The number of benzene rings is 1. The van der Waals surface area contributed by atoms with Crippen LogP contribution in [0.4, 0.5) is 0 Å². The van der Waals surface area contributed by atoms with Crippen molar-refractivity contribution in [3.63, 3.8) is 0 Å². The highest BCUT2D eigenvalue weighted by molar-refractivity contribution is 5.73. The number of unbranched alkanes of at least 4 members (excludes halogenated alkanes) is 11. The molecular weight excluding hydrogens is 412 g/mol. The van der Waals surface area contributed by atoms with Gasteiger partial charge in [-0.25, -0.2) is 0 Å². The lowest BCUT2D eigenvalue weighted by Crippen LogP contribution is -2.33. The van der Waals surface area contributed by atoms with Gasteiger partial charge in [-0.15, -0.1) is 0 Å². The lowest BCUT2D eigenvalue weighted by Gasteiger charge is -2.24. The molecule has 33 heavy (non-hydrogen) atoms. The molecule has 0 bridgehead atoms. The van der Waals surface area contributed by atoms with E-state index < -0.39 is 18.1 Å². The van der Waals surface area contributed by atoms with Crippen molar-refractivity contribution in [2.45, 2.75) is 135 Å². The molecule has 4 nitrogen and oxygen atoms in total. The zero-order valence-corrected chi connectivity index (χ0v) is 21.4. The number of carbonyl (C=O) groups excluding carboxylic acids is 1. The van der Waals surface area contributed by atoms with Crippen molar-refractivity contribution in [2.24, 2.45) is 5.92 Å². The fraction of sp³-hybridized carbons (Fsp3) is 0.759. The van der Waals surface area contributed by atoms with E-state index in [2.05, 4.69) is 13.8 Å². The van der Waals surface area contributed by atoms with Gasteiger partial charge in [-0.1, -0.05) is 128 Å². The van der Waals surface area contributed by atoms with Crippen LogP contribution in [0.2, 0.25) is 0 Å². The number of esters is 1. The zero-order chi connectivity index (χ0) is 24.2. The van der Waals surface area contributed by atoms with Crippen LogP contribution in [-0.4, -0.2) is 28.4 Å². The Morgan fingerprint density at radius 1 is 0.758 bits per heavy atom. The van der Waals surface area contributed by atoms with Crippen LogP contribution in [0.25, 0.3) is 0 Å². The van der Waals surface area contributed by atoms with E-state index in [1.807, 2.05) is 30.3 Å². The Labute approximate surface area is 203 Å². The molecule has 4 heteroatoms. The standard InChI is InChI=1S/C29H50O4/c1-3-5-7-9-10-11-12-13-17-21-26(30)23-28(31)27(22-18-8-6-4-2)29(32)33-24-25-19-15-14-16-20-25/h14-16,19-20,26-28,30-31H,3-13,17-18,21-24H2,1-2H3. The summed E-state index contributed by atoms with van der Waals surface area (Å²) in [5.41, 5.74) is 0.940. The molecule has 0 aliphatic heterocycles. The molecular formula is C29H50O4. The van der Waals surface area contributed by atoms with E-state index in [-0.39, 0.29) is 19.0 Å². The summed E-state index contributed by atoms with van der Waals surface area (Å²) >= 11 is 0. The SMILES string of the molecule is CCCCCCCCCCCC(O)CC(O)C(CCCCCC)C(=O)OCc1ccccc1. The Kier molecular flexibility index (Phi) is 18.0. The predicted molar refractivity (Wildman–Crippen MR) is 137 cm³/mol. The third kappa shape index (κ3) is 15.2. The number of rotatable bonds is 21. The van der Waals surface area contributed by atoms with Crippen molar-refractivity contribution >= 4 is 5.97 Å². The van der Waals surface area contributed by atoms with E-state index in [0.29, 0.717) is 12.8 Å². The first-order valence-electron chi connectivity index (χ1n) is 13.6. The third-order valence-electron chi connectivity index (χ3n) is 6.51. The lowest BCUT2D eigenvalue weighted by atomic mass is 9.90. The van der Waals surface area contributed by atoms with Crippen molar-refractivity contribution in [2.75, 3.05) is 0 Å². The molecule has 0 spiro atoms. The normalized spacial score (nSPS) is 14.1. The van der Waals surface area contributed by atoms with Gasteiger partial charge < -0.3 is 14.9 Å². The maximum absolute atomic E-state index is 12.8. The predicted octanol–water partition coefficient (Wildman–Crippen LogP) is 7.35. The average Bonchev–Trinajstić information content (AvgIpc) is 2.82. The molecule has 2 N–H and O–H groups in total. The third-order valence-corrected chi connectivity index (χ3v) is 6.51. The molecule has 1 rings (SSSR count). The Bertz CT molecular complexity index is 574. The summed E-state index contributed by atoms with van der Waals surface area (Å²) < 4.78 is 5.53. The monoisotopic (exact) mass is 462 g/mol. The Balaban J connectivity index is 2.36. The molecule has 3 unspecified atom stereocenters. The van der Waals surface area contributed by atoms with Crippen molar-refractivity contribution in [3.05, 3.63) is 35.9 Å². The van der Waals surface area contributed by atoms with Gasteiger partial charge in [-0.05, 0) is 18.4 Å². The Morgan fingerprint density at radius 3 is 1.88 bits per heavy atom. The molecule has 0 saturated carbocycles. The molecule has 0 aliphatic carbocycles. The van der Waals surface area contributed by atoms with Crippen LogP contribution < -0.4 is 0 Å². The van der Waals surface area contributed by atoms with Crippen LogP contribution in [-0.2, 0) is 16.1 Å². The molecule has 0 saturated heterocycles. The fourth-order valence-corrected chi connectivity index (χ4v) is 4.35. The van der Waals surface area contributed by atoms with Gasteiger partial charge in [-0.2, -0.15) is 0 Å². The quantitative estimate of drug-likeness (QED) is 0.148. The summed E-state index contributed by atoms with van der Waals surface area (Å²) in [6.07, 6.45) is 15.5. The summed E-state index contributed by atoms with van der Waals surface area (Å²) in [5.74, 6) is -0.915. The van der Waals surface area contributed by atoms with E-state index in [1.165, 1.54) is 44.9 Å². The zero-order valence-electron chi connectivity index (χ0n) is 21.4. The maximum atomic E-state index is 12.8. The van der Waals surface area contributed by atoms with Gasteiger partial charge in [-0.3, -0.25) is 4.79 Å². The average molecular weight is 463 g/mol. The van der Waals surface area contributed by atoms with E-state index in [0.717, 1.165) is 44.1 Å². The molecule has 3 atom stereocenters. The van der Waals surface area contributed by atoms with Crippen molar-refractivity contribution in [3.8, 4) is 0 Å². The second kappa shape index (κ2) is 20.0. The van der Waals surface area contributed by atoms with Gasteiger partial charge in [0.05, 0.1) is 18.1 Å². The smallest absolute Gasteiger partial charge is 0.311 e. The molecule has 1 aromatic carbocycles. The summed E-state index contributed by atoms with van der Waals surface area (Å²) in [6.45, 7) is 4.62. The number of ether oxygens (including phenoxy) is 1. The number of aliphatic hydroxyl groups is 2. The maximum Gasteiger partial charge on any atom is 0.311 e. The summed E-state index contributed by atoms with van der Waals surface area (Å²) in [6, 6.07) is 9.62. The molecule has 0 heterocycles. The summed E-state index contributed by atoms with van der Waals surface area (Å²) in [4.78, 5) is 12.8. The fourth-order valence-electron chi connectivity index (χ4n) is 4.35. The molecule has 0 aromatic heterocycles. The minimum absolute atomic E-state index is 0.221. The summed E-state index contributed by atoms with van der Waals surface area (Å²) in [5, 5.41) is 21.2. The minimum atomic E-state index is -0.858. The highest BCUT2D eigenvalue weighted by Crippen LogP contribution is 2.22. The number of hydrogen-bond acceptors (Lipinski definition) is 4. The van der Waals surface area contributed by atoms with Crippen LogP contribution in [0.1, 0.15) is 122 Å². The first-order valence-corrected chi connectivity index (χ1v) is 13.6. The molecule has 0 amide bonds. The molecule has 1 aromatic rings. The van der Waals surface area contributed by atoms with Crippen LogP contribution in [0, 0.1) is 5.92 Å². The van der Waals surface area contributed by atoms with Crippen LogP contribution in [0.3, 0.4) is 0 Å². The number of carbonyl (C=O) groups is 1. The highest BCUT2D eigenvalue weighted by Gasteiger charge is 2.29. The first kappa shape index (κ1) is 29.6. The largest absolute Gasteiger partial charge is 0.461 e. The first-order chi connectivity index (χ1) is 16.1. The van der Waals surface area contributed by atoms with Crippen molar-refractivity contribution in [1.82, 2.24) is 0 Å². The van der Waals surface area contributed by atoms with Gasteiger partial charge in [0.2, 0.25) is 0 Å². The van der Waals surface area contributed by atoms with E-state index in [9.17, 15) is 15.0 Å². The Morgan fingerprint density at radius 2 is 1.27 bits per heavy atom. The van der Waals surface area contributed by atoms with E-state index >= 15 is 0 Å². The summed E-state index contributed by atoms with van der Waals surface area (Å²) in [7, 11) is 0.